The first-order valence-corrected chi connectivity index (χ1v) is 9.82. The van der Waals surface area contributed by atoms with Crippen molar-refractivity contribution in [3.8, 4) is 0 Å². The quantitative estimate of drug-likeness (QED) is 0.241. The molecule has 0 radical (unpaired) electrons. The summed E-state index contributed by atoms with van der Waals surface area (Å²) in [6.07, 6.45) is 3.04. The average Bonchev–Trinajstić information content (AvgIpc) is 2.68. The van der Waals surface area contributed by atoms with E-state index in [2.05, 4.69) is 59.8 Å². The van der Waals surface area contributed by atoms with E-state index in [1.165, 1.54) is 5.56 Å². The lowest BCUT2D eigenvalue weighted by molar-refractivity contribution is 0.0514. The molecule has 1 fully saturated rings. The molecule has 2 N–H and O–H groups in total. The highest BCUT2D eigenvalue weighted by atomic mass is 127. The van der Waals surface area contributed by atoms with E-state index in [0.717, 1.165) is 64.7 Å². The van der Waals surface area contributed by atoms with Crippen LogP contribution in [0.25, 0.3) is 0 Å². The Labute approximate surface area is 181 Å². The topological polar surface area (TPSA) is 54.9 Å². The number of hydrogen-bond acceptors (Lipinski definition) is 3. The maximum absolute atomic E-state index is 5.63. The van der Waals surface area contributed by atoms with E-state index >= 15 is 0 Å². The molecule has 0 bridgehead atoms. The Bertz CT molecular complexity index is 531. The van der Waals surface area contributed by atoms with Crippen LogP contribution in [0.15, 0.2) is 35.3 Å². The molecular formula is C21H36IN3O2. The predicted molar refractivity (Wildman–Crippen MR) is 123 cm³/mol. The van der Waals surface area contributed by atoms with Crippen molar-refractivity contribution in [3.63, 3.8) is 0 Å². The first-order valence-electron chi connectivity index (χ1n) is 9.82. The van der Waals surface area contributed by atoms with E-state index in [1.807, 2.05) is 7.05 Å². The summed E-state index contributed by atoms with van der Waals surface area (Å²) in [5, 5.41) is 6.92. The minimum absolute atomic E-state index is 0. The number of benzene rings is 1. The number of hydrogen-bond donors (Lipinski definition) is 2. The van der Waals surface area contributed by atoms with Gasteiger partial charge in [-0.25, -0.2) is 0 Å². The molecule has 5 nitrogen and oxygen atoms in total. The van der Waals surface area contributed by atoms with E-state index in [1.54, 1.807) is 0 Å². The van der Waals surface area contributed by atoms with Crippen molar-refractivity contribution >= 4 is 29.9 Å². The molecule has 0 spiro atoms. The fourth-order valence-corrected chi connectivity index (χ4v) is 3.29. The molecule has 0 aromatic heterocycles. The van der Waals surface area contributed by atoms with Crippen molar-refractivity contribution in [3.05, 3.63) is 35.9 Å². The predicted octanol–water partition coefficient (Wildman–Crippen LogP) is 3.58. The maximum atomic E-state index is 5.63. The zero-order chi connectivity index (χ0) is 18.7. The SMILES string of the molecule is CN=C(NCCCOCC(C)C)NCC1(c2ccccc2)CCOCC1.I. The molecule has 1 heterocycles. The van der Waals surface area contributed by atoms with E-state index < -0.39 is 0 Å². The first kappa shape index (κ1) is 24.2. The van der Waals surface area contributed by atoms with Crippen LogP contribution in [0.1, 0.15) is 38.7 Å². The maximum Gasteiger partial charge on any atom is 0.191 e. The average molecular weight is 489 g/mol. The van der Waals surface area contributed by atoms with Crippen LogP contribution in [-0.2, 0) is 14.9 Å². The van der Waals surface area contributed by atoms with Gasteiger partial charge >= 0.3 is 0 Å². The Morgan fingerprint density at radius 2 is 1.89 bits per heavy atom. The number of halogens is 1. The number of guanidine groups is 1. The van der Waals surface area contributed by atoms with Gasteiger partial charge in [0.05, 0.1) is 0 Å². The molecule has 1 aliphatic rings. The standard InChI is InChI=1S/C21H35N3O2.HI/c1-18(2)16-26-13-7-12-23-20(22-3)24-17-21(10-14-25-15-11-21)19-8-5-4-6-9-19;/h4-6,8-9,18H,7,10-17H2,1-3H3,(H2,22,23,24);1H. The summed E-state index contributed by atoms with van der Waals surface area (Å²) in [5.74, 6) is 1.45. The van der Waals surface area contributed by atoms with Crippen molar-refractivity contribution in [1.82, 2.24) is 10.6 Å². The minimum Gasteiger partial charge on any atom is -0.381 e. The Morgan fingerprint density at radius 3 is 2.52 bits per heavy atom. The highest BCUT2D eigenvalue weighted by Crippen LogP contribution is 2.34. The fourth-order valence-electron chi connectivity index (χ4n) is 3.29. The van der Waals surface area contributed by atoms with E-state index in [-0.39, 0.29) is 29.4 Å². The van der Waals surface area contributed by atoms with Gasteiger partial charge in [-0.2, -0.15) is 0 Å². The summed E-state index contributed by atoms with van der Waals surface area (Å²) in [6.45, 7) is 9.31. The number of aliphatic imine (C=N–C) groups is 1. The van der Waals surface area contributed by atoms with Gasteiger partial charge in [0.2, 0.25) is 0 Å². The van der Waals surface area contributed by atoms with Crippen LogP contribution in [-0.4, -0.2) is 52.5 Å². The van der Waals surface area contributed by atoms with E-state index in [4.69, 9.17) is 9.47 Å². The van der Waals surface area contributed by atoms with Crippen molar-refractivity contribution in [1.29, 1.82) is 0 Å². The molecule has 0 unspecified atom stereocenters. The number of rotatable bonds is 9. The van der Waals surface area contributed by atoms with Gasteiger partial charge in [0.25, 0.3) is 0 Å². The Balaban J connectivity index is 0.00000364. The summed E-state index contributed by atoms with van der Waals surface area (Å²) >= 11 is 0. The summed E-state index contributed by atoms with van der Waals surface area (Å²) in [4.78, 5) is 4.37. The Kier molecular flexibility index (Phi) is 11.9. The van der Waals surface area contributed by atoms with E-state index in [9.17, 15) is 0 Å². The number of nitrogens with zero attached hydrogens (tertiary/aromatic N) is 1. The lowest BCUT2D eigenvalue weighted by Crippen LogP contribution is -2.48. The van der Waals surface area contributed by atoms with Gasteiger partial charge in [0, 0.05) is 52.0 Å². The van der Waals surface area contributed by atoms with Gasteiger partial charge in [-0.05, 0) is 30.7 Å². The van der Waals surface area contributed by atoms with Crippen LogP contribution < -0.4 is 10.6 Å². The summed E-state index contributed by atoms with van der Waals surface area (Å²) < 4.78 is 11.2. The number of nitrogens with one attached hydrogen (secondary N) is 2. The molecule has 1 aromatic rings. The summed E-state index contributed by atoms with van der Waals surface area (Å²) in [7, 11) is 1.82. The highest BCUT2D eigenvalue weighted by molar-refractivity contribution is 14.0. The van der Waals surface area contributed by atoms with Crippen LogP contribution in [0, 0.1) is 5.92 Å². The molecule has 1 aliphatic heterocycles. The van der Waals surface area contributed by atoms with Gasteiger partial charge in [-0.1, -0.05) is 44.2 Å². The molecule has 0 atom stereocenters. The highest BCUT2D eigenvalue weighted by Gasteiger charge is 2.34. The van der Waals surface area contributed by atoms with Gasteiger partial charge < -0.3 is 20.1 Å². The molecule has 1 aromatic carbocycles. The second-order valence-electron chi connectivity index (χ2n) is 7.43. The van der Waals surface area contributed by atoms with Gasteiger partial charge in [0.15, 0.2) is 5.96 Å². The molecule has 27 heavy (non-hydrogen) atoms. The summed E-state index contributed by atoms with van der Waals surface area (Å²) in [6, 6.07) is 10.8. The smallest absolute Gasteiger partial charge is 0.191 e. The molecule has 154 valence electrons. The molecule has 1 saturated heterocycles. The molecule has 6 heteroatoms. The third kappa shape index (κ3) is 8.35. The lowest BCUT2D eigenvalue weighted by atomic mass is 9.74. The second kappa shape index (κ2) is 13.3. The number of ether oxygens (including phenoxy) is 2. The van der Waals surface area contributed by atoms with Crippen LogP contribution in [0.2, 0.25) is 0 Å². The molecule has 2 rings (SSSR count). The molecule has 0 saturated carbocycles. The lowest BCUT2D eigenvalue weighted by Gasteiger charge is -2.38. The molecule has 0 aliphatic carbocycles. The molecule has 0 amide bonds. The minimum atomic E-state index is 0. The third-order valence-corrected chi connectivity index (χ3v) is 4.86. The van der Waals surface area contributed by atoms with Gasteiger partial charge in [-0.3, -0.25) is 4.99 Å². The fraction of sp³-hybridized carbons (Fsp3) is 0.667. The van der Waals surface area contributed by atoms with Crippen LogP contribution in [0.3, 0.4) is 0 Å². The van der Waals surface area contributed by atoms with E-state index in [0.29, 0.717) is 5.92 Å². The third-order valence-electron chi connectivity index (χ3n) is 4.86. The Morgan fingerprint density at radius 1 is 1.19 bits per heavy atom. The zero-order valence-electron chi connectivity index (χ0n) is 17.0. The molecular weight excluding hydrogens is 453 g/mol. The zero-order valence-corrected chi connectivity index (χ0v) is 19.3. The van der Waals surface area contributed by atoms with Crippen molar-refractivity contribution in [2.75, 3.05) is 46.6 Å². The Hall–Kier alpha value is -0.860. The summed E-state index contributed by atoms with van der Waals surface area (Å²) in [5.41, 5.74) is 1.49. The van der Waals surface area contributed by atoms with Crippen LogP contribution in [0.4, 0.5) is 0 Å². The van der Waals surface area contributed by atoms with Crippen molar-refractivity contribution in [2.24, 2.45) is 10.9 Å². The van der Waals surface area contributed by atoms with Gasteiger partial charge in [0.1, 0.15) is 0 Å². The normalized spacial score (nSPS) is 16.7. The van der Waals surface area contributed by atoms with Gasteiger partial charge in [-0.15, -0.1) is 24.0 Å². The van der Waals surface area contributed by atoms with Crippen LogP contribution in [0.5, 0.6) is 0 Å². The van der Waals surface area contributed by atoms with Crippen LogP contribution >= 0.6 is 24.0 Å². The van der Waals surface area contributed by atoms with Crippen molar-refractivity contribution in [2.45, 2.75) is 38.5 Å². The largest absolute Gasteiger partial charge is 0.381 e. The second-order valence-corrected chi connectivity index (χ2v) is 7.43. The first-order chi connectivity index (χ1) is 12.7. The van der Waals surface area contributed by atoms with Crippen molar-refractivity contribution < 1.29 is 9.47 Å². The monoisotopic (exact) mass is 489 g/mol.